The number of fused-ring (bicyclic) bond motifs is 3. The first kappa shape index (κ1) is 14.3. The first-order valence-corrected chi connectivity index (χ1v) is 7.26. The summed E-state index contributed by atoms with van der Waals surface area (Å²) in [4.78, 5) is 27.6. The number of hydrogen-bond donors (Lipinski definition) is 1. The number of hydrogen-bond acceptors (Lipinski definition) is 3. The summed E-state index contributed by atoms with van der Waals surface area (Å²) in [5.41, 5.74) is 3.37. The third kappa shape index (κ3) is 2.08. The fourth-order valence-electron chi connectivity index (χ4n) is 2.90. The molecule has 3 aromatic rings. The van der Waals surface area contributed by atoms with Crippen LogP contribution in [-0.4, -0.2) is 23.3 Å². The van der Waals surface area contributed by atoms with E-state index < -0.39 is 5.97 Å². The molecule has 112 valence electrons. The number of benzene rings is 2. The predicted octanol–water partition coefficient (Wildman–Crippen LogP) is 4.01. The maximum atomic E-state index is 12.3. The van der Waals surface area contributed by atoms with Crippen molar-refractivity contribution in [2.45, 2.75) is 20.8 Å². The van der Waals surface area contributed by atoms with E-state index in [2.05, 4.69) is 4.98 Å². The molecule has 3 rings (SSSR count). The Morgan fingerprint density at radius 1 is 1.18 bits per heavy atom. The number of esters is 1. The highest BCUT2D eigenvalue weighted by Gasteiger charge is 2.22. The van der Waals surface area contributed by atoms with Crippen molar-refractivity contribution in [3.63, 3.8) is 0 Å². The molecule has 0 aliphatic heterocycles. The third-order valence-electron chi connectivity index (χ3n) is 3.91. The Balaban J connectivity index is 2.42. The average molecular weight is 295 g/mol. The molecule has 4 nitrogen and oxygen atoms in total. The number of carbonyl (C=O) groups is 2. The first-order valence-electron chi connectivity index (χ1n) is 7.26. The van der Waals surface area contributed by atoms with Crippen LogP contribution in [0.5, 0.6) is 0 Å². The number of aryl methyl sites for hydroxylation is 1. The molecule has 1 aromatic heterocycles. The number of para-hydroxylation sites is 1. The van der Waals surface area contributed by atoms with E-state index in [0.29, 0.717) is 11.1 Å². The van der Waals surface area contributed by atoms with Crippen LogP contribution in [0.3, 0.4) is 0 Å². The number of rotatable bonds is 3. The molecule has 0 radical (unpaired) electrons. The summed E-state index contributed by atoms with van der Waals surface area (Å²) >= 11 is 0. The molecule has 0 aliphatic carbocycles. The lowest BCUT2D eigenvalue weighted by molar-refractivity contribution is 0.0522. The summed E-state index contributed by atoms with van der Waals surface area (Å²) in [5, 5.41) is 1.99. The summed E-state index contributed by atoms with van der Waals surface area (Å²) < 4.78 is 5.12. The predicted molar refractivity (Wildman–Crippen MR) is 86.5 cm³/mol. The lowest BCUT2D eigenvalue weighted by Gasteiger charge is -2.11. The van der Waals surface area contributed by atoms with Gasteiger partial charge in [-0.2, -0.15) is 0 Å². The van der Waals surface area contributed by atoms with Crippen molar-refractivity contribution < 1.29 is 14.3 Å². The van der Waals surface area contributed by atoms with Gasteiger partial charge < -0.3 is 9.72 Å². The van der Waals surface area contributed by atoms with Crippen molar-refractivity contribution in [1.29, 1.82) is 0 Å². The van der Waals surface area contributed by atoms with Gasteiger partial charge in [0.05, 0.1) is 17.7 Å². The van der Waals surface area contributed by atoms with E-state index in [1.807, 2.05) is 31.2 Å². The number of Topliss-reactive ketones (excluding diaryl/α,β-unsaturated/α-hetero) is 1. The van der Waals surface area contributed by atoms with Crippen LogP contribution in [0.4, 0.5) is 0 Å². The van der Waals surface area contributed by atoms with Gasteiger partial charge in [-0.1, -0.05) is 18.2 Å². The molecule has 1 heterocycles. The van der Waals surface area contributed by atoms with Crippen molar-refractivity contribution in [2.75, 3.05) is 6.61 Å². The number of nitrogens with one attached hydrogen (secondary N) is 1. The molecule has 0 saturated heterocycles. The van der Waals surface area contributed by atoms with E-state index >= 15 is 0 Å². The largest absolute Gasteiger partial charge is 0.462 e. The highest BCUT2D eigenvalue weighted by atomic mass is 16.5. The van der Waals surface area contributed by atoms with Crippen LogP contribution in [0.2, 0.25) is 0 Å². The Kier molecular flexibility index (Phi) is 3.45. The summed E-state index contributed by atoms with van der Waals surface area (Å²) in [6, 6.07) is 9.67. The molecule has 4 heteroatoms. The second kappa shape index (κ2) is 5.30. The van der Waals surface area contributed by atoms with E-state index in [-0.39, 0.29) is 12.4 Å². The normalized spacial score (nSPS) is 11.0. The minimum Gasteiger partial charge on any atom is -0.462 e. The number of ether oxygens (including phenoxy) is 1. The molecule has 1 N–H and O–H groups in total. The Morgan fingerprint density at radius 3 is 2.59 bits per heavy atom. The molecular weight excluding hydrogens is 278 g/mol. The van der Waals surface area contributed by atoms with E-state index in [1.165, 1.54) is 6.92 Å². The second-order valence-corrected chi connectivity index (χ2v) is 5.29. The molecule has 0 unspecified atom stereocenters. The number of ketones is 1. The SMILES string of the molecule is CCOC(=O)c1c(C(C)=O)cc2c([nH]c3ccccc32)c1C. The molecule has 0 amide bonds. The van der Waals surface area contributed by atoms with Gasteiger partial charge in [0.2, 0.25) is 0 Å². The third-order valence-corrected chi connectivity index (χ3v) is 3.91. The molecule has 0 saturated carbocycles. The zero-order chi connectivity index (χ0) is 15.9. The maximum absolute atomic E-state index is 12.3. The Morgan fingerprint density at radius 2 is 1.91 bits per heavy atom. The summed E-state index contributed by atoms with van der Waals surface area (Å²) in [7, 11) is 0. The van der Waals surface area contributed by atoms with E-state index in [1.54, 1.807) is 13.0 Å². The summed E-state index contributed by atoms with van der Waals surface area (Å²) in [5.74, 6) is -0.593. The van der Waals surface area contributed by atoms with E-state index in [4.69, 9.17) is 4.74 Å². The van der Waals surface area contributed by atoms with Crippen LogP contribution >= 0.6 is 0 Å². The highest BCUT2D eigenvalue weighted by molar-refractivity contribution is 6.16. The Hall–Kier alpha value is -2.62. The van der Waals surface area contributed by atoms with Crippen molar-refractivity contribution in [1.82, 2.24) is 4.98 Å². The lowest BCUT2D eigenvalue weighted by atomic mass is 9.95. The van der Waals surface area contributed by atoms with Gasteiger partial charge in [0.1, 0.15) is 0 Å². The number of aromatic nitrogens is 1. The fourth-order valence-corrected chi connectivity index (χ4v) is 2.90. The van der Waals surface area contributed by atoms with Gasteiger partial charge in [-0.25, -0.2) is 4.79 Å². The first-order chi connectivity index (χ1) is 10.5. The van der Waals surface area contributed by atoms with Crippen molar-refractivity contribution in [2.24, 2.45) is 0 Å². The molecule has 0 aliphatic rings. The van der Waals surface area contributed by atoms with Crippen molar-refractivity contribution in [3.05, 3.63) is 47.0 Å². The molecule has 0 fully saturated rings. The molecular formula is C18H17NO3. The van der Waals surface area contributed by atoms with Crippen LogP contribution in [0.15, 0.2) is 30.3 Å². The smallest absolute Gasteiger partial charge is 0.339 e. The highest BCUT2D eigenvalue weighted by Crippen LogP contribution is 2.32. The van der Waals surface area contributed by atoms with Gasteiger partial charge in [0, 0.05) is 21.9 Å². The van der Waals surface area contributed by atoms with Gasteiger partial charge in [0.25, 0.3) is 0 Å². The van der Waals surface area contributed by atoms with Crippen molar-refractivity contribution in [3.8, 4) is 0 Å². The van der Waals surface area contributed by atoms with Crippen LogP contribution in [-0.2, 0) is 4.74 Å². The zero-order valence-electron chi connectivity index (χ0n) is 12.8. The number of carbonyl (C=O) groups excluding carboxylic acids is 2. The zero-order valence-corrected chi connectivity index (χ0v) is 12.8. The molecule has 22 heavy (non-hydrogen) atoms. The number of aromatic amines is 1. The maximum Gasteiger partial charge on any atom is 0.339 e. The van der Waals surface area contributed by atoms with Gasteiger partial charge in [-0.3, -0.25) is 4.79 Å². The fraction of sp³-hybridized carbons (Fsp3) is 0.222. The Labute approximate surface area is 128 Å². The van der Waals surface area contributed by atoms with E-state index in [9.17, 15) is 9.59 Å². The minimum atomic E-state index is -0.453. The quantitative estimate of drug-likeness (QED) is 0.586. The van der Waals surface area contributed by atoms with E-state index in [0.717, 1.165) is 27.4 Å². The second-order valence-electron chi connectivity index (χ2n) is 5.29. The summed E-state index contributed by atoms with van der Waals surface area (Å²) in [6.45, 7) is 5.34. The lowest BCUT2D eigenvalue weighted by Crippen LogP contribution is -2.13. The van der Waals surface area contributed by atoms with Crippen LogP contribution < -0.4 is 0 Å². The molecule has 0 spiro atoms. The average Bonchev–Trinajstić information content (AvgIpc) is 2.86. The van der Waals surface area contributed by atoms with Crippen LogP contribution in [0, 0.1) is 6.92 Å². The molecule has 0 atom stereocenters. The number of H-pyrrole nitrogens is 1. The van der Waals surface area contributed by atoms with Gasteiger partial charge in [-0.05, 0) is 38.5 Å². The van der Waals surface area contributed by atoms with Crippen LogP contribution in [0.1, 0.15) is 40.1 Å². The standard InChI is InChI=1S/C18H17NO3/c1-4-22-18(21)16-10(2)17-14(9-13(16)11(3)20)12-7-5-6-8-15(12)19-17/h5-9,19H,4H2,1-3H3. The van der Waals surface area contributed by atoms with Crippen LogP contribution in [0.25, 0.3) is 21.8 Å². The summed E-state index contributed by atoms with van der Waals surface area (Å²) in [6.07, 6.45) is 0. The van der Waals surface area contributed by atoms with Gasteiger partial charge in [-0.15, -0.1) is 0 Å². The minimum absolute atomic E-state index is 0.140. The molecule has 0 bridgehead atoms. The Bertz CT molecular complexity index is 905. The topological polar surface area (TPSA) is 59.2 Å². The van der Waals surface area contributed by atoms with Crippen molar-refractivity contribution >= 4 is 33.6 Å². The molecule has 2 aromatic carbocycles. The van der Waals surface area contributed by atoms with Gasteiger partial charge in [0.15, 0.2) is 5.78 Å². The monoisotopic (exact) mass is 295 g/mol. The van der Waals surface area contributed by atoms with Gasteiger partial charge >= 0.3 is 5.97 Å².